The van der Waals surface area contributed by atoms with Gasteiger partial charge >= 0.3 is 0 Å². The number of phenols is 10. The first-order valence-corrected chi connectivity index (χ1v) is 18.1. The summed E-state index contributed by atoms with van der Waals surface area (Å²) in [6.45, 7) is 0. The Bertz CT molecular complexity index is 3310. The quantitative estimate of drug-likeness (QED) is 0.0578. The highest BCUT2D eigenvalue weighted by molar-refractivity contribution is 6.15. The van der Waals surface area contributed by atoms with E-state index in [9.17, 15) is 51.1 Å². The Balaban J connectivity index is 1.23. The molecule has 7 aromatic carbocycles. The van der Waals surface area contributed by atoms with Gasteiger partial charge in [0, 0.05) is 21.7 Å². The number of para-hydroxylation sites is 1. The molecule has 0 amide bonds. The molecule has 15 nitrogen and oxygen atoms in total. The number of phenolic OH excluding ortho intramolecular Hbond substituents is 10. The van der Waals surface area contributed by atoms with Crippen molar-refractivity contribution in [1.82, 2.24) is 19.5 Å². The van der Waals surface area contributed by atoms with E-state index >= 15 is 0 Å². The Kier molecular flexibility index (Phi) is 7.61. The Morgan fingerprint density at radius 3 is 1.52 bits per heavy atom. The van der Waals surface area contributed by atoms with Gasteiger partial charge in [-0.15, -0.1) is 0 Å². The summed E-state index contributed by atoms with van der Waals surface area (Å²) in [5, 5.41) is 108. The summed E-state index contributed by atoms with van der Waals surface area (Å²) >= 11 is 0. The highest BCUT2D eigenvalue weighted by Crippen LogP contribution is 2.56. The van der Waals surface area contributed by atoms with Crippen molar-refractivity contribution in [3.8, 4) is 108 Å². The lowest BCUT2D eigenvalue weighted by atomic mass is 10.0. The van der Waals surface area contributed by atoms with Crippen LogP contribution in [-0.2, 0) is 0 Å². The summed E-state index contributed by atoms with van der Waals surface area (Å²) in [6, 6.07) is 35.0. The summed E-state index contributed by atoms with van der Waals surface area (Å²) in [7, 11) is 0. The van der Waals surface area contributed by atoms with Gasteiger partial charge in [-0.25, -0.2) is 15.0 Å². The molecule has 0 atom stereocenters. The van der Waals surface area contributed by atoms with Crippen molar-refractivity contribution in [1.29, 1.82) is 0 Å². The van der Waals surface area contributed by atoms with Gasteiger partial charge in [0.2, 0.25) is 34.5 Å². The molecule has 0 fully saturated rings. The van der Waals surface area contributed by atoms with E-state index in [1.807, 2.05) is 54.6 Å². The molecule has 0 spiro atoms. The fraction of sp³-hybridized carbons (Fsp3) is 0. The molecule has 10 rings (SSSR count). The van der Waals surface area contributed by atoms with Crippen molar-refractivity contribution in [3.63, 3.8) is 0 Å². The molecule has 0 saturated carbocycles. The summed E-state index contributed by atoms with van der Waals surface area (Å²) in [6.07, 6.45) is 0. The minimum atomic E-state index is -1.25. The lowest BCUT2D eigenvalue weighted by molar-refractivity contribution is 0.329. The molecule has 0 unspecified atom stereocenters. The molecule has 294 valence electrons. The molecule has 0 bridgehead atoms. The Hall–Kier alpha value is -8.85. The summed E-state index contributed by atoms with van der Waals surface area (Å²) in [5.41, 5.74) is 4.39. The first-order valence-electron chi connectivity index (χ1n) is 18.1. The maximum absolute atomic E-state index is 10.9. The fourth-order valence-electron chi connectivity index (χ4n) is 7.70. The number of aromatic hydroxyl groups is 10. The maximum Gasteiger partial charge on any atom is 0.208 e. The number of fused-ring (bicyclic) bond motifs is 6. The highest BCUT2D eigenvalue weighted by Gasteiger charge is 2.31. The van der Waals surface area contributed by atoms with Gasteiger partial charge < -0.3 is 60.0 Å². The summed E-state index contributed by atoms with van der Waals surface area (Å²) in [4.78, 5) is 12.9. The molecule has 3 aromatic heterocycles. The van der Waals surface area contributed by atoms with Crippen LogP contribution >= 0.6 is 0 Å². The second kappa shape index (κ2) is 12.8. The molecule has 3 heterocycles. The molecule has 0 aliphatic rings. The summed E-state index contributed by atoms with van der Waals surface area (Å²) < 4.78 is 8.50. The molecular formula is C45H28N4O11. The molecule has 0 aliphatic heterocycles. The largest absolute Gasteiger partial charge is 0.504 e. The van der Waals surface area contributed by atoms with Crippen LogP contribution in [0.3, 0.4) is 0 Å². The molecule has 0 radical (unpaired) electrons. The minimum absolute atomic E-state index is 0.233. The number of hydrogen-bond acceptors (Lipinski definition) is 14. The van der Waals surface area contributed by atoms with E-state index in [0.717, 1.165) is 38.6 Å². The van der Waals surface area contributed by atoms with E-state index in [-0.39, 0.29) is 11.4 Å². The average molecular weight is 801 g/mol. The van der Waals surface area contributed by atoms with Gasteiger partial charge in [0.05, 0.1) is 22.1 Å². The highest BCUT2D eigenvalue weighted by atomic mass is 16.4. The van der Waals surface area contributed by atoms with E-state index in [4.69, 9.17) is 4.42 Å². The summed E-state index contributed by atoms with van der Waals surface area (Å²) in [5.74, 6) is -13.8. The van der Waals surface area contributed by atoms with Gasteiger partial charge in [-0.2, -0.15) is 0 Å². The van der Waals surface area contributed by atoms with Crippen molar-refractivity contribution in [3.05, 3.63) is 109 Å². The topological polar surface area (TPSA) is 259 Å². The Morgan fingerprint density at radius 1 is 0.367 bits per heavy atom. The number of hydrogen-bond donors (Lipinski definition) is 10. The number of aromatic nitrogens is 4. The zero-order chi connectivity index (χ0) is 41.7. The van der Waals surface area contributed by atoms with Crippen LogP contribution in [0.4, 0.5) is 0 Å². The number of rotatable bonds is 5. The van der Waals surface area contributed by atoms with Gasteiger partial charge in [-0.05, 0) is 59.7 Å². The third-order valence-corrected chi connectivity index (χ3v) is 10.6. The first-order chi connectivity index (χ1) is 28.9. The molecular weight excluding hydrogens is 773 g/mol. The van der Waals surface area contributed by atoms with E-state index < -0.39 is 80.3 Å². The van der Waals surface area contributed by atoms with Crippen LogP contribution in [0.15, 0.2) is 114 Å². The zero-order valence-electron chi connectivity index (χ0n) is 30.6. The second-order valence-corrected chi connectivity index (χ2v) is 14.0. The third kappa shape index (κ3) is 5.05. The molecule has 15 heteroatoms. The van der Waals surface area contributed by atoms with Crippen molar-refractivity contribution in [2.45, 2.75) is 0 Å². The van der Waals surface area contributed by atoms with Gasteiger partial charge in [0.25, 0.3) is 0 Å². The van der Waals surface area contributed by atoms with Crippen molar-refractivity contribution in [2.24, 2.45) is 0 Å². The molecule has 0 aliphatic carbocycles. The van der Waals surface area contributed by atoms with Crippen LogP contribution in [0.1, 0.15) is 0 Å². The Labute approximate surface area is 335 Å². The molecule has 60 heavy (non-hydrogen) atoms. The van der Waals surface area contributed by atoms with Crippen LogP contribution < -0.4 is 0 Å². The monoisotopic (exact) mass is 800 g/mol. The smallest absolute Gasteiger partial charge is 0.208 e. The van der Waals surface area contributed by atoms with Gasteiger partial charge in [0.15, 0.2) is 40.5 Å². The predicted octanol–water partition coefficient (Wildman–Crippen LogP) is 8.59. The predicted molar refractivity (Wildman–Crippen MR) is 220 cm³/mol. The number of nitrogens with zero attached hydrogens (tertiary/aromatic N) is 4. The van der Waals surface area contributed by atoms with Crippen LogP contribution in [-0.4, -0.2) is 70.6 Å². The van der Waals surface area contributed by atoms with Crippen molar-refractivity contribution >= 4 is 43.7 Å². The lowest BCUT2D eigenvalue weighted by Crippen LogP contribution is -2.01. The normalized spacial score (nSPS) is 11.7. The zero-order valence-corrected chi connectivity index (χ0v) is 30.6. The standard InChI is InChI=1S/C45H28N4O11/c50-33-31(34(51)38(55)41(58)37(33)54)44-46-43(47-45(48-44)32-35(52)39(56)42(59)40(57)36(32)53)21-14-16-28-24(18-21)30-27(11-6-12-29(30)60-28)49-25-10-5-4-9-22(25)23-17-20(13-15-26(23)49)19-7-2-1-3-8-19/h1-18,50-59H. The van der Waals surface area contributed by atoms with Crippen LogP contribution in [0.2, 0.25) is 0 Å². The third-order valence-electron chi connectivity index (χ3n) is 10.6. The van der Waals surface area contributed by atoms with Gasteiger partial charge in [-0.3, -0.25) is 0 Å². The fourth-order valence-corrected chi connectivity index (χ4v) is 7.70. The van der Waals surface area contributed by atoms with E-state index in [2.05, 4.69) is 55.9 Å². The van der Waals surface area contributed by atoms with Crippen molar-refractivity contribution < 1.29 is 55.5 Å². The van der Waals surface area contributed by atoms with Gasteiger partial charge in [-0.1, -0.05) is 60.7 Å². The Morgan fingerprint density at radius 2 is 0.883 bits per heavy atom. The van der Waals surface area contributed by atoms with E-state index in [1.54, 1.807) is 18.2 Å². The van der Waals surface area contributed by atoms with E-state index in [0.29, 0.717) is 21.9 Å². The van der Waals surface area contributed by atoms with Gasteiger partial charge in [0.1, 0.15) is 22.3 Å². The van der Waals surface area contributed by atoms with Crippen LogP contribution in [0.25, 0.3) is 94.7 Å². The maximum atomic E-state index is 10.9. The number of benzene rings is 7. The SMILES string of the molecule is Oc1c(O)c(O)c(-c2nc(-c3ccc4oc5cccc(-n6c7ccccc7c7cc(-c8ccccc8)ccc76)c5c4c3)nc(-c3c(O)c(O)c(O)c(O)c3O)n2)c(O)c1O. The first kappa shape index (κ1) is 35.6. The molecule has 10 N–H and O–H groups in total. The minimum Gasteiger partial charge on any atom is -0.504 e. The van der Waals surface area contributed by atoms with Crippen LogP contribution in [0.5, 0.6) is 57.5 Å². The van der Waals surface area contributed by atoms with Crippen molar-refractivity contribution in [2.75, 3.05) is 0 Å². The molecule has 10 aromatic rings. The number of furan rings is 1. The van der Waals surface area contributed by atoms with Crippen LogP contribution in [0, 0.1) is 0 Å². The second-order valence-electron chi connectivity index (χ2n) is 14.0. The average Bonchev–Trinajstić information content (AvgIpc) is 3.82. The molecule has 0 saturated heterocycles. The lowest BCUT2D eigenvalue weighted by Gasteiger charge is -2.15. The van der Waals surface area contributed by atoms with E-state index in [1.165, 1.54) is 0 Å².